The number of anilines is 1. The molecule has 0 radical (unpaired) electrons. The molecule has 1 saturated heterocycles. The number of benzene rings is 2. The first-order chi connectivity index (χ1) is 13.3. The number of fused-ring (bicyclic) bond motifs is 2. The van der Waals surface area contributed by atoms with E-state index in [1.54, 1.807) is 0 Å². The third-order valence-corrected chi connectivity index (χ3v) is 6.04. The highest BCUT2D eigenvalue weighted by Crippen LogP contribution is 2.29. The van der Waals surface area contributed by atoms with Crippen molar-refractivity contribution >= 4 is 43.7 Å². The van der Waals surface area contributed by atoms with Crippen LogP contribution >= 0.6 is 11.3 Å². The summed E-state index contributed by atoms with van der Waals surface area (Å²) in [6.07, 6.45) is 1.82. The zero-order valence-corrected chi connectivity index (χ0v) is 15.5. The fourth-order valence-electron chi connectivity index (χ4n) is 3.62. The second-order valence-electron chi connectivity index (χ2n) is 6.82. The topological polar surface area (TPSA) is 73.9 Å². The van der Waals surface area contributed by atoms with Gasteiger partial charge in [0.25, 0.3) is 0 Å². The molecule has 0 unspecified atom stereocenters. The van der Waals surface area contributed by atoms with Gasteiger partial charge in [-0.25, -0.2) is 14.8 Å². The molecule has 0 aliphatic carbocycles. The van der Waals surface area contributed by atoms with Crippen molar-refractivity contribution in [3.05, 3.63) is 54.4 Å². The van der Waals surface area contributed by atoms with Crippen LogP contribution in [0.25, 0.3) is 21.3 Å². The largest absolute Gasteiger partial charge is 0.342 e. The number of amides is 2. The third kappa shape index (κ3) is 3.14. The lowest BCUT2D eigenvalue weighted by Gasteiger charge is -2.30. The monoisotopic (exact) mass is 377 g/mol. The Morgan fingerprint density at radius 3 is 2.56 bits per heavy atom. The molecule has 0 bridgehead atoms. The molecule has 6 nitrogen and oxygen atoms in total. The number of aromatic amines is 1. The summed E-state index contributed by atoms with van der Waals surface area (Å²) in [5.41, 5.74) is 2.99. The average molecular weight is 377 g/mol. The number of carbonyl (C=O) groups excluding carboxylic acids is 1. The van der Waals surface area contributed by atoms with Crippen LogP contribution in [0.4, 0.5) is 9.93 Å². The van der Waals surface area contributed by atoms with E-state index in [2.05, 4.69) is 15.3 Å². The van der Waals surface area contributed by atoms with Crippen LogP contribution in [-0.2, 0) is 0 Å². The van der Waals surface area contributed by atoms with Crippen molar-refractivity contribution in [1.29, 1.82) is 0 Å². The van der Waals surface area contributed by atoms with Crippen molar-refractivity contribution in [1.82, 2.24) is 19.9 Å². The van der Waals surface area contributed by atoms with Crippen molar-refractivity contribution in [2.75, 3.05) is 18.4 Å². The number of hydrogen-bond acceptors (Lipinski definition) is 4. The minimum atomic E-state index is -0.0721. The molecular formula is C20H19N5OS. The summed E-state index contributed by atoms with van der Waals surface area (Å²) in [7, 11) is 0. The maximum Gasteiger partial charge on any atom is 0.323 e. The number of hydrogen-bond donors (Lipinski definition) is 2. The van der Waals surface area contributed by atoms with Crippen molar-refractivity contribution in [3.63, 3.8) is 0 Å². The van der Waals surface area contributed by atoms with Gasteiger partial charge in [-0.05, 0) is 37.1 Å². The van der Waals surface area contributed by atoms with E-state index in [0.29, 0.717) is 11.0 Å². The van der Waals surface area contributed by atoms with Crippen LogP contribution in [0.5, 0.6) is 0 Å². The van der Waals surface area contributed by atoms with Gasteiger partial charge in [-0.15, -0.1) is 0 Å². The number of piperidine rings is 1. The van der Waals surface area contributed by atoms with Crippen LogP contribution in [0.2, 0.25) is 0 Å². The minimum Gasteiger partial charge on any atom is -0.342 e. The smallest absolute Gasteiger partial charge is 0.323 e. The maximum absolute atomic E-state index is 12.6. The molecule has 2 N–H and O–H groups in total. The van der Waals surface area contributed by atoms with Crippen molar-refractivity contribution < 1.29 is 4.79 Å². The van der Waals surface area contributed by atoms with Gasteiger partial charge in [0.15, 0.2) is 5.13 Å². The second-order valence-corrected chi connectivity index (χ2v) is 7.85. The first kappa shape index (κ1) is 16.3. The minimum absolute atomic E-state index is 0.0721. The summed E-state index contributed by atoms with van der Waals surface area (Å²) in [4.78, 5) is 27.1. The molecule has 0 saturated carbocycles. The molecule has 1 fully saturated rings. The number of likely N-dealkylation sites (tertiary alicyclic amines) is 1. The quantitative estimate of drug-likeness (QED) is 0.537. The van der Waals surface area contributed by atoms with Gasteiger partial charge in [0.05, 0.1) is 21.3 Å². The lowest BCUT2D eigenvalue weighted by Crippen LogP contribution is -2.40. The summed E-state index contributed by atoms with van der Waals surface area (Å²) >= 11 is 1.50. The Balaban J connectivity index is 1.23. The lowest BCUT2D eigenvalue weighted by atomic mass is 9.96. The van der Waals surface area contributed by atoms with E-state index < -0.39 is 0 Å². The predicted octanol–water partition coefficient (Wildman–Crippen LogP) is 4.58. The SMILES string of the molecule is O=C(Nc1nc2ccccc2s1)N1CCC(c2nc3ccccc3[nH]2)CC1. The van der Waals surface area contributed by atoms with Crippen LogP contribution in [0.1, 0.15) is 24.6 Å². The van der Waals surface area contributed by atoms with Crippen molar-refractivity contribution in [3.8, 4) is 0 Å². The third-order valence-electron chi connectivity index (χ3n) is 5.08. The molecule has 5 rings (SSSR count). The number of nitrogens with zero attached hydrogens (tertiary/aromatic N) is 3. The van der Waals surface area contributed by atoms with Gasteiger partial charge in [-0.3, -0.25) is 5.32 Å². The standard InChI is InChI=1S/C20H19N5OS/c26-20(24-19-23-16-7-3-4-8-17(16)27-19)25-11-9-13(10-12-25)18-21-14-5-1-2-6-15(14)22-18/h1-8,13H,9-12H2,(H,21,22)(H,23,24,26). The molecule has 0 spiro atoms. The molecule has 2 amide bonds. The molecule has 7 heteroatoms. The molecule has 4 aromatic rings. The molecular weight excluding hydrogens is 358 g/mol. The number of thiazole rings is 1. The van der Waals surface area contributed by atoms with Gasteiger partial charge >= 0.3 is 6.03 Å². The Hall–Kier alpha value is -2.93. The summed E-state index contributed by atoms with van der Waals surface area (Å²) in [5.74, 6) is 1.39. The van der Waals surface area contributed by atoms with Gasteiger partial charge in [-0.1, -0.05) is 35.6 Å². The Morgan fingerprint density at radius 2 is 1.78 bits per heavy atom. The summed E-state index contributed by atoms with van der Waals surface area (Å²) in [6, 6.07) is 15.9. The van der Waals surface area contributed by atoms with Gasteiger partial charge in [0.2, 0.25) is 0 Å². The van der Waals surface area contributed by atoms with E-state index in [9.17, 15) is 4.79 Å². The number of nitrogens with one attached hydrogen (secondary N) is 2. The normalized spacial score (nSPS) is 15.5. The highest BCUT2D eigenvalue weighted by Gasteiger charge is 2.26. The predicted molar refractivity (Wildman–Crippen MR) is 108 cm³/mol. The fourth-order valence-corrected chi connectivity index (χ4v) is 4.47. The number of carbonyl (C=O) groups is 1. The fraction of sp³-hybridized carbons (Fsp3) is 0.250. The molecule has 27 heavy (non-hydrogen) atoms. The molecule has 1 aliphatic rings. The van der Waals surface area contributed by atoms with Crippen LogP contribution in [-0.4, -0.2) is 39.0 Å². The van der Waals surface area contributed by atoms with Crippen LogP contribution in [0.15, 0.2) is 48.5 Å². The highest BCUT2D eigenvalue weighted by atomic mass is 32.1. The van der Waals surface area contributed by atoms with Crippen LogP contribution < -0.4 is 5.32 Å². The van der Waals surface area contributed by atoms with Crippen molar-refractivity contribution in [2.45, 2.75) is 18.8 Å². The van der Waals surface area contributed by atoms with Crippen molar-refractivity contribution in [2.24, 2.45) is 0 Å². The van der Waals surface area contributed by atoms with Gasteiger partial charge in [-0.2, -0.15) is 0 Å². The molecule has 0 atom stereocenters. The summed E-state index contributed by atoms with van der Waals surface area (Å²) in [5, 5.41) is 3.60. The Bertz CT molecular complexity index is 1040. The first-order valence-electron chi connectivity index (χ1n) is 9.12. The number of urea groups is 1. The molecule has 3 heterocycles. The van der Waals surface area contributed by atoms with E-state index in [1.165, 1.54) is 11.3 Å². The number of rotatable bonds is 2. The van der Waals surface area contributed by atoms with Gasteiger partial charge < -0.3 is 9.88 Å². The number of imidazole rings is 1. The highest BCUT2D eigenvalue weighted by molar-refractivity contribution is 7.22. The lowest BCUT2D eigenvalue weighted by molar-refractivity contribution is 0.193. The zero-order chi connectivity index (χ0) is 18.2. The Morgan fingerprint density at radius 1 is 1.04 bits per heavy atom. The molecule has 2 aromatic heterocycles. The van der Waals surface area contributed by atoms with E-state index in [4.69, 9.17) is 4.98 Å². The Labute approximate surface area is 160 Å². The number of para-hydroxylation sites is 3. The summed E-state index contributed by atoms with van der Waals surface area (Å²) in [6.45, 7) is 1.44. The van der Waals surface area contributed by atoms with Crippen LogP contribution in [0.3, 0.4) is 0 Å². The summed E-state index contributed by atoms with van der Waals surface area (Å²) < 4.78 is 1.08. The first-order valence-corrected chi connectivity index (χ1v) is 9.94. The second kappa shape index (κ2) is 6.66. The molecule has 1 aliphatic heterocycles. The van der Waals surface area contributed by atoms with E-state index in [0.717, 1.165) is 53.0 Å². The van der Waals surface area contributed by atoms with E-state index in [-0.39, 0.29) is 6.03 Å². The number of aromatic nitrogens is 3. The van der Waals surface area contributed by atoms with E-state index >= 15 is 0 Å². The average Bonchev–Trinajstić information content (AvgIpc) is 3.31. The van der Waals surface area contributed by atoms with Gasteiger partial charge in [0, 0.05) is 19.0 Å². The Kier molecular flexibility index (Phi) is 4.01. The number of H-pyrrole nitrogens is 1. The molecule has 136 valence electrons. The zero-order valence-electron chi connectivity index (χ0n) is 14.7. The van der Waals surface area contributed by atoms with Crippen LogP contribution in [0, 0.1) is 0 Å². The van der Waals surface area contributed by atoms with Gasteiger partial charge in [0.1, 0.15) is 5.82 Å². The van der Waals surface area contributed by atoms with E-state index in [1.807, 2.05) is 53.4 Å². The molecule has 2 aromatic carbocycles. The maximum atomic E-state index is 12.6.